The Morgan fingerprint density at radius 2 is 2.00 bits per heavy atom. The Morgan fingerprint density at radius 3 is 2.56 bits per heavy atom. The first-order chi connectivity index (χ1) is 8.63. The van der Waals surface area contributed by atoms with Gasteiger partial charge in [0, 0.05) is 11.9 Å². The number of nitrogens with zero attached hydrogens (tertiary/aromatic N) is 1. The fourth-order valence-corrected chi connectivity index (χ4v) is 2.21. The molecule has 0 amide bonds. The molecule has 0 aliphatic rings. The molecule has 0 bridgehead atoms. The maximum atomic E-state index is 11.3. The van der Waals surface area contributed by atoms with E-state index in [4.69, 9.17) is 0 Å². The monoisotopic (exact) mass is 243 g/mol. The standard InChI is InChI=1S/C15H17NO2/c1-3-13(15(17)18)16-10-11(2)9-14(16)12-7-5-4-6-8-12/h4-10,13H,3H2,1-2H3,(H,17,18). The van der Waals surface area contributed by atoms with Gasteiger partial charge in [0.2, 0.25) is 0 Å². The number of aromatic nitrogens is 1. The Balaban J connectivity index is 2.52. The second kappa shape index (κ2) is 5.08. The van der Waals surface area contributed by atoms with Gasteiger partial charge in [-0.05, 0) is 30.5 Å². The summed E-state index contributed by atoms with van der Waals surface area (Å²) in [5, 5.41) is 9.29. The van der Waals surface area contributed by atoms with Crippen LogP contribution in [0.25, 0.3) is 11.3 Å². The molecule has 1 unspecified atom stereocenters. The number of rotatable bonds is 4. The maximum absolute atomic E-state index is 11.3. The quantitative estimate of drug-likeness (QED) is 0.893. The number of aliphatic carboxylic acids is 1. The van der Waals surface area contributed by atoms with Gasteiger partial charge in [-0.25, -0.2) is 4.79 Å². The molecule has 0 aliphatic heterocycles. The SMILES string of the molecule is CCC(C(=O)O)n1cc(C)cc1-c1ccccc1. The molecule has 1 aromatic heterocycles. The predicted molar refractivity (Wildman–Crippen MR) is 71.6 cm³/mol. The van der Waals surface area contributed by atoms with E-state index in [2.05, 4.69) is 0 Å². The fourth-order valence-electron chi connectivity index (χ4n) is 2.21. The molecule has 0 aliphatic carbocycles. The molecule has 0 spiro atoms. The van der Waals surface area contributed by atoms with Crippen LogP contribution in [0.2, 0.25) is 0 Å². The molecule has 0 saturated carbocycles. The van der Waals surface area contributed by atoms with E-state index in [1.165, 1.54) is 0 Å². The zero-order chi connectivity index (χ0) is 13.1. The summed E-state index contributed by atoms with van der Waals surface area (Å²) in [4.78, 5) is 11.3. The molecule has 0 fully saturated rings. The van der Waals surface area contributed by atoms with E-state index in [0.29, 0.717) is 6.42 Å². The third-order valence-electron chi connectivity index (χ3n) is 3.06. The summed E-state index contributed by atoms with van der Waals surface area (Å²) < 4.78 is 1.85. The summed E-state index contributed by atoms with van der Waals surface area (Å²) in [6.45, 7) is 3.88. The average Bonchev–Trinajstić information content (AvgIpc) is 2.73. The molecule has 2 rings (SSSR count). The van der Waals surface area contributed by atoms with Crippen molar-refractivity contribution in [3.63, 3.8) is 0 Å². The van der Waals surface area contributed by atoms with E-state index in [-0.39, 0.29) is 0 Å². The summed E-state index contributed by atoms with van der Waals surface area (Å²) in [5.74, 6) is -0.787. The minimum absolute atomic E-state index is 0.506. The third kappa shape index (κ3) is 2.30. The van der Waals surface area contributed by atoms with E-state index in [9.17, 15) is 9.90 Å². The van der Waals surface area contributed by atoms with Crippen molar-refractivity contribution in [2.75, 3.05) is 0 Å². The van der Waals surface area contributed by atoms with Crippen LogP contribution in [0.4, 0.5) is 0 Å². The molecule has 94 valence electrons. The molecule has 0 saturated heterocycles. The molecular weight excluding hydrogens is 226 g/mol. The lowest BCUT2D eigenvalue weighted by Crippen LogP contribution is -2.18. The topological polar surface area (TPSA) is 42.2 Å². The highest BCUT2D eigenvalue weighted by molar-refractivity contribution is 5.74. The van der Waals surface area contributed by atoms with Crippen molar-refractivity contribution in [1.82, 2.24) is 4.57 Å². The average molecular weight is 243 g/mol. The van der Waals surface area contributed by atoms with Crippen LogP contribution in [-0.4, -0.2) is 15.6 Å². The zero-order valence-electron chi connectivity index (χ0n) is 10.6. The summed E-state index contributed by atoms with van der Waals surface area (Å²) in [6.07, 6.45) is 2.48. The lowest BCUT2D eigenvalue weighted by atomic mass is 10.1. The smallest absolute Gasteiger partial charge is 0.326 e. The van der Waals surface area contributed by atoms with Gasteiger partial charge in [0.1, 0.15) is 6.04 Å². The minimum atomic E-state index is -0.787. The molecule has 2 aromatic rings. The molecule has 18 heavy (non-hydrogen) atoms. The van der Waals surface area contributed by atoms with E-state index in [1.54, 1.807) is 0 Å². The van der Waals surface area contributed by atoms with Crippen LogP contribution in [0.15, 0.2) is 42.6 Å². The number of carbonyl (C=O) groups is 1. The second-order valence-corrected chi connectivity index (χ2v) is 4.44. The van der Waals surface area contributed by atoms with Gasteiger partial charge in [-0.2, -0.15) is 0 Å². The summed E-state index contributed by atoms with van der Waals surface area (Å²) in [5.41, 5.74) is 3.08. The van der Waals surface area contributed by atoms with Crippen LogP contribution < -0.4 is 0 Å². The minimum Gasteiger partial charge on any atom is -0.480 e. The van der Waals surface area contributed by atoms with Crippen molar-refractivity contribution < 1.29 is 9.90 Å². The Bertz CT molecular complexity index is 543. The highest BCUT2D eigenvalue weighted by Crippen LogP contribution is 2.27. The number of hydrogen-bond acceptors (Lipinski definition) is 1. The van der Waals surface area contributed by atoms with Crippen molar-refractivity contribution in [2.45, 2.75) is 26.3 Å². The molecule has 1 heterocycles. The molecular formula is C15H17NO2. The Morgan fingerprint density at radius 1 is 1.33 bits per heavy atom. The van der Waals surface area contributed by atoms with Crippen molar-refractivity contribution >= 4 is 5.97 Å². The Hall–Kier alpha value is -2.03. The zero-order valence-corrected chi connectivity index (χ0v) is 10.6. The van der Waals surface area contributed by atoms with Crippen LogP contribution in [0.1, 0.15) is 24.9 Å². The number of carboxylic acid groups (broad SMARTS) is 1. The third-order valence-corrected chi connectivity index (χ3v) is 3.06. The summed E-state index contributed by atoms with van der Waals surface area (Å²) >= 11 is 0. The predicted octanol–water partition coefficient (Wildman–Crippen LogP) is 3.50. The number of aryl methyl sites for hydroxylation is 1. The lowest BCUT2D eigenvalue weighted by Gasteiger charge is -2.16. The van der Waals surface area contributed by atoms with Gasteiger partial charge >= 0.3 is 5.97 Å². The van der Waals surface area contributed by atoms with Crippen molar-refractivity contribution in [3.8, 4) is 11.3 Å². The summed E-state index contributed by atoms with van der Waals surface area (Å²) in [6, 6.07) is 11.4. The second-order valence-electron chi connectivity index (χ2n) is 4.44. The van der Waals surface area contributed by atoms with Crippen molar-refractivity contribution in [1.29, 1.82) is 0 Å². The van der Waals surface area contributed by atoms with Crippen LogP contribution in [0.5, 0.6) is 0 Å². The van der Waals surface area contributed by atoms with E-state index in [0.717, 1.165) is 16.8 Å². The van der Waals surface area contributed by atoms with Gasteiger partial charge in [-0.1, -0.05) is 37.3 Å². The van der Waals surface area contributed by atoms with E-state index < -0.39 is 12.0 Å². The van der Waals surface area contributed by atoms with Crippen molar-refractivity contribution in [3.05, 3.63) is 48.2 Å². The van der Waals surface area contributed by atoms with Crippen LogP contribution in [0, 0.1) is 6.92 Å². The number of carboxylic acids is 1. The first kappa shape index (κ1) is 12.4. The van der Waals surface area contributed by atoms with E-state index in [1.807, 2.05) is 61.0 Å². The normalized spacial score (nSPS) is 12.3. The molecule has 1 atom stereocenters. The number of benzene rings is 1. The van der Waals surface area contributed by atoms with Gasteiger partial charge in [0.25, 0.3) is 0 Å². The lowest BCUT2D eigenvalue weighted by molar-refractivity contribution is -0.140. The highest BCUT2D eigenvalue weighted by Gasteiger charge is 2.20. The Labute approximate surface area is 107 Å². The van der Waals surface area contributed by atoms with Gasteiger partial charge in [-0.15, -0.1) is 0 Å². The number of hydrogen-bond donors (Lipinski definition) is 1. The molecule has 3 nitrogen and oxygen atoms in total. The summed E-state index contributed by atoms with van der Waals surface area (Å²) in [7, 11) is 0. The Kier molecular flexibility index (Phi) is 3.51. The molecule has 3 heteroatoms. The molecule has 1 aromatic carbocycles. The van der Waals surface area contributed by atoms with E-state index >= 15 is 0 Å². The first-order valence-corrected chi connectivity index (χ1v) is 6.10. The van der Waals surface area contributed by atoms with Crippen LogP contribution in [0.3, 0.4) is 0 Å². The van der Waals surface area contributed by atoms with Gasteiger partial charge in [0.15, 0.2) is 0 Å². The van der Waals surface area contributed by atoms with Gasteiger partial charge in [0.05, 0.1) is 0 Å². The van der Waals surface area contributed by atoms with Crippen LogP contribution >= 0.6 is 0 Å². The van der Waals surface area contributed by atoms with Gasteiger partial charge < -0.3 is 9.67 Å². The maximum Gasteiger partial charge on any atom is 0.326 e. The van der Waals surface area contributed by atoms with Gasteiger partial charge in [-0.3, -0.25) is 0 Å². The molecule has 0 radical (unpaired) electrons. The highest BCUT2D eigenvalue weighted by atomic mass is 16.4. The van der Waals surface area contributed by atoms with Crippen molar-refractivity contribution in [2.24, 2.45) is 0 Å². The largest absolute Gasteiger partial charge is 0.480 e. The van der Waals surface area contributed by atoms with Crippen LogP contribution in [-0.2, 0) is 4.79 Å². The molecule has 1 N–H and O–H groups in total. The fraction of sp³-hybridized carbons (Fsp3) is 0.267. The first-order valence-electron chi connectivity index (χ1n) is 6.10.